The Morgan fingerprint density at radius 2 is 1.10 bits per heavy atom. The molecule has 0 aromatic rings. The third-order valence-corrected chi connectivity index (χ3v) is 6.79. The second-order valence-electron chi connectivity index (χ2n) is 7.16. The van der Waals surface area contributed by atoms with Crippen LogP contribution in [-0.2, 0) is 0 Å². The molecule has 0 aromatic heterocycles. The molecule has 110 valence electrons. The molecule has 2 nitrogen and oxygen atoms in total. The lowest BCUT2D eigenvalue weighted by atomic mass is 9.32. The van der Waals surface area contributed by atoms with Crippen molar-refractivity contribution in [2.45, 2.75) is 64.2 Å². The van der Waals surface area contributed by atoms with Crippen LogP contribution >= 0.6 is 0 Å². The minimum Gasteiger partial charge on any atom is -0.392 e. The second-order valence-corrected chi connectivity index (χ2v) is 7.16. The number of allylic oxidation sites excluding steroid dienone is 2. The maximum atomic E-state index is 9.90. The summed E-state index contributed by atoms with van der Waals surface area (Å²) in [7, 11) is 0. The number of hydrogen-bond donors (Lipinski definition) is 2. The molecule has 4 rings (SSSR count). The standard InChI is InChI=1S/C18H26O2/c19-11-15-16(12-20)18-10-6-2-5-9-17(15,18)13-7-3-1-4-8-14(13)18/h19-20H,1-12H2/t17-,18+. The quantitative estimate of drug-likeness (QED) is 0.757. The highest BCUT2D eigenvalue weighted by atomic mass is 16.3. The van der Waals surface area contributed by atoms with Crippen LogP contribution in [0.15, 0.2) is 22.3 Å². The number of aliphatic hydroxyl groups excluding tert-OH is 2. The van der Waals surface area contributed by atoms with Gasteiger partial charge in [0.15, 0.2) is 0 Å². The monoisotopic (exact) mass is 274 g/mol. The van der Waals surface area contributed by atoms with Gasteiger partial charge in [0.05, 0.1) is 13.2 Å². The molecule has 0 heterocycles. The van der Waals surface area contributed by atoms with Crippen molar-refractivity contribution in [2.24, 2.45) is 10.8 Å². The average molecular weight is 274 g/mol. The van der Waals surface area contributed by atoms with Gasteiger partial charge in [0.2, 0.25) is 0 Å². The molecule has 0 aromatic carbocycles. The maximum absolute atomic E-state index is 9.90. The van der Waals surface area contributed by atoms with E-state index >= 15 is 0 Å². The maximum Gasteiger partial charge on any atom is 0.0654 e. The molecule has 1 fully saturated rings. The molecule has 20 heavy (non-hydrogen) atoms. The minimum atomic E-state index is 0.161. The Hall–Kier alpha value is -0.600. The van der Waals surface area contributed by atoms with E-state index in [1.807, 2.05) is 0 Å². The fourth-order valence-corrected chi connectivity index (χ4v) is 6.26. The van der Waals surface area contributed by atoms with E-state index in [1.54, 1.807) is 11.1 Å². The topological polar surface area (TPSA) is 40.5 Å². The molecule has 4 aliphatic carbocycles. The Morgan fingerprint density at radius 3 is 1.55 bits per heavy atom. The van der Waals surface area contributed by atoms with Crippen molar-refractivity contribution < 1.29 is 10.2 Å². The van der Waals surface area contributed by atoms with Crippen LogP contribution < -0.4 is 0 Å². The highest BCUT2D eigenvalue weighted by Crippen LogP contribution is 2.81. The number of hydrogen-bond acceptors (Lipinski definition) is 2. The zero-order chi connectivity index (χ0) is 13.8. The van der Waals surface area contributed by atoms with E-state index in [-0.39, 0.29) is 24.0 Å². The first-order chi connectivity index (χ1) is 9.83. The molecule has 2 N–H and O–H groups in total. The Labute approximate surface area is 121 Å². The highest BCUT2D eigenvalue weighted by Gasteiger charge is 2.72. The Kier molecular flexibility index (Phi) is 2.91. The van der Waals surface area contributed by atoms with E-state index in [4.69, 9.17) is 0 Å². The van der Waals surface area contributed by atoms with E-state index in [0.29, 0.717) is 0 Å². The normalized spacial score (nSPS) is 39.9. The van der Waals surface area contributed by atoms with Crippen molar-refractivity contribution in [2.75, 3.05) is 13.2 Å². The highest BCUT2D eigenvalue weighted by molar-refractivity contribution is 5.67. The van der Waals surface area contributed by atoms with Gasteiger partial charge < -0.3 is 10.2 Å². The lowest BCUT2D eigenvalue weighted by Gasteiger charge is -2.71. The van der Waals surface area contributed by atoms with Crippen LogP contribution in [0.2, 0.25) is 0 Å². The van der Waals surface area contributed by atoms with E-state index < -0.39 is 0 Å². The molecule has 0 aliphatic heterocycles. The van der Waals surface area contributed by atoms with Gasteiger partial charge >= 0.3 is 0 Å². The summed E-state index contributed by atoms with van der Waals surface area (Å²) in [6.07, 6.45) is 12.9. The molecule has 0 bridgehead atoms. The molecule has 0 saturated heterocycles. The zero-order valence-corrected chi connectivity index (χ0v) is 12.4. The third-order valence-electron chi connectivity index (χ3n) is 6.79. The van der Waals surface area contributed by atoms with E-state index in [2.05, 4.69) is 0 Å². The average Bonchev–Trinajstić information content (AvgIpc) is 2.74. The van der Waals surface area contributed by atoms with Gasteiger partial charge in [-0.15, -0.1) is 0 Å². The fourth-order valence-electron chi connectivity index (χ4n) is 6.26. The van der Waals surface area contributed by atoms with Gasteiger partial charge in [0, 0.05) is 10.8 Å². The van der Waals surface area contributed by atoms with Gasteiger partial charge in [-0.25, -0.2) is 0 Å². The molecule has 0 spiro atoms. The van der Waals surface area contributed by atoms with Crippen LogP contribution in [0.25, 0.3) is 0 Å². The van der Waals surface area contributed by atoms with Crippen molar-refractivity contribution in [3.63, 3.8) is 0 Å². The van der Waals surface area contributed by atoms with Gasteiger partial charge in [-0.2, -0.15) is 0 Å². The summed E-state index contributed by atoms with van der Waals surface area (Å²) in [6.45, 7) is 0.322. The molecular formula is C18H26O2. The largest absolute Gasteiger partial charge is 0.392 e. The summed E-state index contributed by atoms with van der Waals surface area (Å²) in [6, 6.07) is 0. The first kappa shape index (κ1) is 13.1. The van der Waals surface area contributed by atoms with Gasteiger partial charge in [-0.05, 0) is 49.7 Å². The molecule has 1 saturated carbocycles. The molecule has 0 unspecified atom stereocenters. The van der Waals surface area contributed by atoms with E-state index in [1.165, 1.54) is 75.4 Å². The number of rotatable bonds is 2. The van der Waals surface area contributed by atoms with Crippen LogP contribution in [0.3, 0.4) is 0 Å². The van der Waals surface area contributed by atoms with Gasteiger partial charge in [-0.1, -0.05) is 36.8 Å². The summed E-state index contributed by atoms with van der Waals surface area (Å²) in [5.41, 5.74) is 6.19. The van der Waals surface area contributed by atoms with Crippen molar-refractivity contribution in [3.05, 3.63) is 22.3 Å². The Morgan fingerprint density at radius 1 is 0.650 bits per heavy atom. The summed E-state index contributed by atoms with van der Waals surface area (Å²) in [5.74, 6) is 0. The summed E-state index contributed by atoms with van der Waals surface area (Å²) in [5, 5.41) is 19.8. The van der Waals surface area contributed by atoms with Gasteiger partial charge in [-0.3, -0.25) is 0 Å². The van der Waals surface area contributed by atoms with Crippen LogP contribution in [0.5, 0.6) is 0 Å². The van der Waals surface area contributed by atoms with Crippen molar-refractivity contribution in [1.82, 2.24) is 0 Å². The Balaban J connectivity index is 1.87. The summed E-state index contributed by atoms with van der Waals surface area (Å²) < 4.78 is 0. The molecule has 2 atom stereocenters. The van der Waals surface area contributed by atoms with Crippen molar-refractivity contribution >= 4 is 0 Å². The lowest BCUT2D eigenvalue weighted by Crippen LogP contribution is -2.64. The first-order valence-electron chi connectivity index (χ1n) is 8.50. The molecule has 2 heteroatoms. The Bertz CT molecular complexity index is 460. The van der Waals surface area contributed by atoms with Crippen LogP contribution in [0.4, 0.5) is 0 Å². The van der Waals surface area contributed by atoms with Gasteiger partial charge in [0.1, 0.15) is 0 Å². The van der Waals surface area contributed by atoms with Crippen molar-refractivity contribution in [1.29, 1.82) is 0 Å². The fraction of sp³-hybridized carbons (Fsp3) is 0.778. The second kappa shape index (κ2) is 4.45. The minimum absolute atomic E-state index is 0.161. The molecule has 0 radical (unpaired) electrons. The lowest BCUT2D eigenvalue weighted by molar-refractivity contribution is 0.0343. The van der Waals surface area contributed by atoms with Crippen LogP contribution in [0.1, 0.15) is 64.2 Å². The SMILES string of the molecule is OCC1=C(CO)[C@@]23CCCCC[C@@]12C1=C3CCCCC1. The summed E-state index contributed by atoms with van der Waals surface area (Å²) >= 11 is 0. The van der Waals surface area contributed by atoms with Crippen molar-refractivity contribution in [3.8, 4) is 0 Å². The zero-order valence-electron chi connectivity index (χ0n) is 12.4. The van der Waals surface area contributed by atoms with Crippen LogP contribution in [-0.4, -0.2) is 23.4 Å². The van der Waals surface area contributed by atoms with E-state index in [0.717, 1.165) is 0 Å². The molecule has 4 aliphatic rings. The predicted molar refractivity (Wildman–Crippen MR) is 79.3 cm³/mol. The molecular weight excluding hydrogens is 248 g/mol. The number of aliphatic hydroxyl groups is 2. The van der Waals surface area contributed by atoms with Gasteiger partial charge in [0.25, 0.3) is 0 Å². The molecule has 0 amide bonds. The first-order valence-corrected chi connectivity index (χ1v) is 8.50. The van der Waals surface area contributed by atoms with E-state index in [9.17, 15) is 10.2 Å². The van der Waals surface area contributed by atoms with Crippen LogP contribution in [0, 0.1) is 10.8 Å². The smallest absolute Gasteiger partial charge is 0.0654 e. The predicted octanol–water partition coefficient (Wildman–Crippen LogP) is 3.49. The third kappa shape index (κ3) is 1.20. The summed E-state index contributed by atoms with van der Waals surface area (Å²) in [4.78, 5) is 0.